The van der Waals surface area contributed by atoms with Crippen LogP contribution in [0.5, 0.6) is 0 Å². The third-order valence-corrected chi connectivity index (χ3v) is 1.62. The van der Waals surface area contributed by atoms with Crippen molar-refractivity contribution in [3.63, 3.8) is 0 Å². The van der Waals surface area contributed by atoms with Crippen molar-refractivity contribution in [2.45, 2.75) is 31.0 Å². The number of hydrogen-bond acceptors (Lipinski definition) is 0. The monoisotopic (exact) mass is 200 g/mol. The summed E-state index contributed by atoms with van der Waals surface area (Å²) in [6.07, 6.45) is 4.62. The van der Waals surface area contributed by atoms with Crippen LogP contribution in [0.15, 0.2) is 11.1 Å². The summed E-state index contributed by atoms with van der Waals surface area (Å²) in [5.41, 5.74) is 0. The van der Waals surface area contributed by atoms with E-state index in [1.54, 1.807) is 0 Å². The Labute approximate surface area is 77.1 Å². The van der Waals surface area contributed by atoms with E-state index in [-0.39, 0.29) is 4.84 Å². The van der Waals surface area contributed by atoms with Gasteiger partial charge in [0, 0.05) is 11.5 Å². The van der Waals surface area contributed by atoms with E-state index in [1.807, 2.05) is 6.08 Å². The third-order valence-electron chi connectivity index (χ3n) is 1.00. The van der Waals surface area contributed by atoms with E-state index in [0.717, 1.165) is 17.9 Å². The molecule has 0 unspecified atom stereocenters. The molecule has 0 radical (unpaired) electrons. The Morgan fingerprint density at radius 3 is 2.50 bits per heavy atom. The second-order valence-corrected chi connectivity index (χ2v) is 3.80. The van der Waals surface area contributed by atoms with Crippen molar-refractivity contribution in [3.05, 3.63) is 11.1 Å². The van der Waals surface area contributed by atoms with Gasteiger partial charge < -0.3 is 0 Å². The summed E-state index contributed by atoms with van der Waals surface area (Å²) in [5, 5.41) is 0.761. The van der Waals surface area contributed by atoms with Crippen LogP contribution in [0.4, 0.5) is 0 Å². The predicted molar refractivity (Wildman–Crippen MR) is 49.0 cm³/mol. The van der Waals surface area contributed by atoms with E-state index < -0.39 is 0 Å². The van der Waals surface area contributed by atoms with Gasteiger partial charge in [-0.1, -0.05) is 31.0 Å². The molecule has 0 saturated carbocycles. The van der Waals surface area contributed by atoms with Crippen molar-refractivity contribution in [2.24, 2.45) is 0 Å². The fourth-order valence-corrected chi connectivity index (χ4v) is 1.29. The fourth-order valence-electron chi connectivity index (χ4n) is 0.532. The summed E-state index contributed by atoms with van der Waals surface area (Å²) in [6.45, 7) is 2.10. The highest BCUT2D eigenvalue weighted by Crippen LogP contribution is 2.18. The molecule has 0 aliphatic heterocycles. The summed E-state index contributed by atoms with van der Waals surface area (Å²) in [7, 11) is 0. The number of halogens is 3. The van der Waals surface area contributed by atoms with E-state index in [9.17, 15) is 0 Å². The zero-order valence-corrected chi connectivity index (χ0v) is 8.18. The molecule has 0 aliphatic carbocycles. The Bertz CT molecular complexity index is 107. The van der Waals surface area contributed by atoms with E-state index in [0.29, 0.717) is 6.42 Å². The maximum absolute atomic E-state index is 5.75. The first-order valence-electron chi connectivity index (χ1n) is 3.29. The summed E-state index contributed by atoms with van der Waals surface area (Å²) in [4.78, 5) is -0.374. The molecule has 0 fully saturated rings. The topological polar surface area (TPSA) is 0 Å². The Kier molecular flexibility index (Phi) is 6.71. The lowest BCUT2D eigenvalue weighted by Crippen LogP contribution is -1.85. The van der Waals surface area contributed by atoms with Crippen molar-refractivity contribution in [2.75, 3.05) is 0 Å². The molecule has 0 aromatic rings. The van der Waals surface area contributed by atoms with Crippen molar-refractivity contribution < 1.29 is 0 Å². The summed E-state index contributed by atoms with van der Waals surface area (Å²) in [5.74, 6) is 0. The van der Waals surface area contributed by atoms with Crippen LogP contribution in [0.3, 0.4) is 0 Å². The van der Waals surface area contributed by atoms with Gasteiger partial charge in [0.05, 0.1) is 0 Å². The molecular formula is C7H11Cl3. The highest BCUT2D eigenvalue weighted by atomic mass is 35.5. The third kappa shape index (κ3) is 6.73. The Hall–Kier alpha value is 0.610. The van der Waals surface area contributed by atoms with Crippen molar-refractivity contribution in [1.82, 2.24) is 0 Å². The first kappa shape index (κ1) is 10.6. The summed E-state index contributed by atoms with van der Waals surface area (Å²) >= 11 is 16.7. The molecule has 0 heterocycles. The van der Waals surface area contributed by atoms with E-state index in [2.05, 4.69) is 6.92 Å². The standard InChI is InChI=1S/C7H11Cl3/c1-2-3-4-6(8)5-7(9)10/h4,7H,2-3,5H2,1H3/b6-4-. The van der Waals surface area contributed by atoms with Gasteiger partial charge in [-0.3, -0.25) is 0 Å². The van der Waals surface area contributed by atoms with Crippen molar-refractivity contribution >= 4 is 34.8 Å². The van der Waals surface area contributed by atoms with E-state index >= 15 is 0 Å². The molecule has 0 nitrogen and oxygen atoms in total. The van der Waals surface area contributed by atoms with Crippen molar-refractivity contribution in [3.8, 4) is 0 Å². The van der Waals surface area contributed by atoms with Crippen molar-refractivity contribution in [1.29, 1.82) is 0 Å². The average Bonchev–Trinajstić information content (AvgIpc) is 1.82. The van der Waals surface area contributed by atoms with Crippen LogP contribution < -0.4 is 0 Å². The minimum atomic E-state index is -0.374. The van der Waals surface area contributed by atoms with Gasteiger partial charge in [-0.2, -0.15) is 0 Å². The molecule has 0 atom stereocenters. The molecule has 0 saturated heterocycles. The molecule has 0 aromatic carbocycles. The Morgan fingerprint density at radius 1 is 1.50 bits per heavy atom. The Balaban J connectivity index is 3.49. The molecule has 3 heteroatoms. The number of hydrogen-bond donors (Lipinski definition) is 0. The molecule has 10 heavy (non-hydrogen) atoms. The maximum atomic E-state index is 5.75. The largest absolute Gasteiger partial charge is 0.112 e. The molecular weight excluding hydrogens is 190 g/mol. The van der Waals surface area contributed by atoms with Gasteiger partial charge >= 0.3 is 0 Å². The number of allylic oxidation sites excluding steroid dienone is 2. The van der Waals surface area contributed by atoms with Crippen LogP contribution in [0.2, 0.25) is 0 Å². The van der Waals surface area contributed by atoms with Gasteiger partial charge in [-0.05, 0) is 6.42 Å². The molecule has 0 amide bonds. The normalized spacial score (nSPS) is 12.7. The maximum Gasteiger partial charge on any atom is 0.112 e. The van der Waals surface area contributed by atoms with E-state index in [4.69, 9.17) is 34.8 Å². The van der Waals surface area contributed by atoms with Crippen LogP contribution in [0.25, 0.3) is 0 Å². The molecule has 0 N–H and O–H groups in total. The molecule has 0 aliphatic rings. The molecule has 0 aromatic heterocycles. The number of rotatable bonds is 4. The van der Waals surface area contributed by atoms with E-state index in [1.165, 1.54) is 0 Å². The van der Waals surface area contributed by atoms with Gasteiger partial charge in [-0.15, -0.1) is 23.2 Å². The smallest absolute Gasteiger partial charge is 0.105 e. The minimum absolute atomic E-state index is 0.374. The quantitative estimate of drug-likeness (QED) is 0.601. The molecule has 0 rings (SSSR count). The molecule has 60 valence electrons. The molecule has 0 spiro atoms. The lowest BCUT2D eigenvalue weighted by Gasteiger charge is -1.97. The average molecular weight is 202 g/mol. The number of unbranched alkanes of at least 4 members (excludes halogenated alkanes) is 1. The lowest BCUT2D eigenvalue weighted by atomic mass is 10.3. The zero-order chi connectivity index (χ0) is 7.98. The van der Waals surface area contributed by atoms with Gasteiger partial charge in [-0.25, -0.2) is 0 Å². The first-order chi connectivity index (χ1) is 4.66. The first-order valence-corrected chi connectivity index (χ1v) is 4.54. The van der Waals surface area contributed by atoms with Gasteiger partial charge in [0.25, 0.3) is 0 Å². The van der Waals surface area contributed by atoms with Crippen LogP contribution in [0.1, 0.15) is 26.2 Å². The van der Waals surface area contributed by atoms with Crippen LogP contribution in [-0.2, 0) is 0 Å². The van der Waals surface area contributed by atoms with Crippen LogP contribution in [-0.4, -0.2) is 4.84 Å². The van der Waals surface area contributed by atoms with Gasteiger partial charge in [0.15, 0.2) is 0 Å². The Morgan fingerprint density at radius 2 is 2.10 bits per heavy atom. The highest BCUT2D eigenvalue weighted by molar-refractivity contribution is 6.45. The van der Waals surface area contributed by atoms with Crippen LogP contribution in [0, 0.1) is 0 Å². The predicted octanol–water partition coefficient (Wildman–Crippen LogP) is 4.10. The van der Waals surface area contributed by atoms with Crippen LogP contribution >= 0.6 is 34.8 Å². The highest BCUT2D eigenvalue weighted by Gasteiger charge is 1.99. The second-order valence-electron chi connectivity index (χ2n) is 2.03. The zero-order valence-electron chi connectivity index (χ0n) is 5.91. The SMILES string of the molecule is CCC/C=C(\Cl)CC(Cl)Cl. The summed E-state index contributed by atoms with van der Waals surface area (Å²) in [6, 6.07) is 0. The molecule has 0 bridgehead atoms. The summed E-state index contributed by atoms with van der Waals surface area (Å²) < 4.78 is 0. The van der Waals surface area contributed by atoms with Gasteiger partial charge in [0.1, 0.15) is 4.84 Å². The minimum Gasteiger partial charge on any atom is -0.105 e. The fraction of sp³-hybridized carbons (Fsp3) is 0.714. The van der Waals surface area contributed by atoms with Gasteiger partial charge in [0.2, 0.25) is 0 Å². The number of alkyl halides is 2. The second kappa shape index (κ2) is 6.33. The lowest BCUT2D eigenvalue weighted by molar-refractivity contribution is 0.945.